The first-order valence-electron chi connectivity index (χ1n) is 9.16. The van der Waals surface area contributed by atoms with Crippen molar-refractivity contribution >= 4 is 0 Å². The Labute approximate surface area is 128 Å². The third-order valence-electron chi connectivity index (χ3n) is 5.40. The van der Waals surface area contributed by atoms with Gasteiger partial charge in [0.1, 0.15) is 0 Å². The fraction of sp³-hybridized carbons (Fsp3) is 1.00. The Balaban J connectivity index is 2.65. The number of rotatable bonds is 7. The van der Waals surface area contributed by atoms with Crippen LogP contribution in [0, 0.1) is 23.7 Å². The molecule has 0 heterocycles. The second kappa shape index (κ2) is 8.41. The number of hydrogen-bond acceptors (Lipinski definition) is 1. The maximum atomic E-state index is 3.77. The molecule has 0 amide bonds. The monoisotopic (exact) mass is 281 g/mol. The molecule has 0 aliphatic heterocycles. The third-order valence-corrected chi connectivity index (χ3v) is 5.40. The maximum absolute atomic E-state index is 3.77. The quantitative estimate of drug-likeness (QED) is 0.636. The highest BCUT2D eigenvalue weighted by atomic mass is 14.9. The summed E-state index contributed by atoms with van der Waals surface area (Å²) in [4.78, 5) is 0. The predicted octanol–water partition coefficient (Wildman–Crippen LogP) is 5.64. The highest BCUT2D eigenvalue weighted by Crippen LogP contribution is 2.42. The summed E-state index contributed by atoms with van der Waals surface area (Å²) in [6.07, 6.45) is 9.98. The van der Waals surface area contributed by atoms with Gasteiger partial charge in [0, 0.05) is 5.54 Å². The van der Waals surface area contributed by atoms with Gasteiger partial charge in [0.25, 0.3) is 0 Å². The average molecular weight is 282 g/mol. The van der Waals surface area contributed by atoms with Crippen molar-refractivity contribution in [2.75, 3.05) is 6.54 Å². The van der Waals surface area contributed by atoms with Crippen molar-refractivity contribution in [1.29, 1.82) is 0 Å². The summed E-state index contributed by atoms with van der Waals surface area (Å²) in [6, 6.07) is 0. The highest BCUT2D eigenvalue weighted by Gasteiger charge is 2.34. The molecular weight excluding hydrogens is 242 g/mol. The van der Waals surface area contributed by atoms with Crippen LogP contribution in [-0.4, -0.2) is 12.1 Å². The molecular formula is C19H39N. The number of nitrogens with one attached hydrogen (secondary N) is 1. The fourth-order valence-electron chi connectivity index (χ4n) is 4.19. The zero-order valence-corrected chi connectivity index (χ0v) is 15.0. The van der Waals surface area contributed by atoms with Crippen LogP contribution in [-0.2, 0) is 0 Å². The van der Waals surface area contributed by atoms with Crippen molar-refractivity contribution in [1.82, 2.24) is 5.32 Å². The van der Waals surface area contributed by atoms with Crippen molar-refractivity contribution < 1.29 is 0 Å². The molecule has 1 N–H and O–H groups in total. The van der Waals surface area contributed by atoms with Crippen molar-refractivity contribution in [3.05, 3.63) is 0 Å². The minimum Gasteiger partial charge on any atom is -0.312 e. The smallest absolute Gasteiger partial charge is 0.00966 e. The molecule has 3 atom stereocenters. The minimum atomic E-state index is 0.263. The zero-order valence-electron chi connectivity index (χ0n) is 15.0. The molecule has 0 spiro atoms. The van der Waals surface area contributed by atoms with E-state index in [1.165, 1.54) is 51.5 Å². The van der Waals surface area contributed by atoms with E-state index < -0.39 is 0 Å². The van der Waals surface area contributed by atoms with Gasteiger partial charge in [-0.25, -0.2) is 0 Å². The van der Waals surface area contributed by atoms with Gasteiger partial charge in [0.2, 0.25) is 0 Å². The molecule has 20 heavy (non-hydrogen) atoms. The third kappa shape index (κ3) is 5.76. The zero-order chi connectivity index (χ0) is 15.2. The summed E-state index contributed by atoms with van der Waals surface area (Å²) in [5.74, 6) is 3.83. The van der Waals surface area contributed by atoms with Crippen LogP contribution in [0.4, 0.5) is 0 Å². The van der Waals surface area contributed by atoms with E-state index in [1.54, 1.807) is 0 Å². The van der Waals surface area contributed by atoms with Crippen molar-refractivity contribution in [3.63, 3.8) is 0 Å². The van der Waals surface area contributed by atoms with Gasteiger partial charge in [0.05, 0.1) is 0 Å². The van der Waals surface area contributed by atoms with E-state index in [9.17, 15) is 0 Å². The van der Waals surface area contributed by atoms with Crippen molar-refractivity contribution in [2.45, 2.75) is 92.0 Å². The summed E-state index contributed by atoms with van der Waals surface area (Å²) in [5, 5.41) is 3.77. The second-order valence-electron chi connectivity index (χ2n) is 8.10. The molecule has 1 saturated carbocycles. The summed E-state index contributed by atoms with van der Waals surface area (Å²) >= 11 is 0. The second-order valence-corrected chi connectivity index (χ2v) is 8.10. The van der Waals surface area contributed by atoms with Gasteiger partial charge in [-0.1, -0.05) is 52.9 Å². The maximum Gasteiger partial charge on any atom is 0.00966 e. The van der Waals surface area contributed by atoms with Crippen LogP contribution in [0.2, 0.25) is 0 Å². The topological polar surface area (TPSA) is 12.0 Å². The van der Waals surface area contributed by atoms with Gasteiger partial charge >= 0.3 is 0 Å². The lowest BCUT2D eigenvalue weighted by molar-refractivity contribution is 0.103. The van der Waals surface area contributed by atoms with E-state index in [4.69, 9.17) is 0 Å². The lowest BCUT2D eigenvalue weighted by Gasteiger charge is -2.41. The Kier molecular flexibility index (Phi) is 7.58. The Hall–Kier alpha value is -0.0400. The largest absolute Gasteiger partial charge is 0.312 e. The first kappa shape index (κ1) is 18.0. The van der Waals surface area contributed by atoms with Crippen LogP contribution in [0.25, 0.3) is 0 Å². The van der Waals surface area contributed by atoms with Crippen molar-refractivity contribution in [2.24, 2.45) is 23.7 Å². The SMILES string of the molecule is CCCC1CCC(CNC(C)(C)C)C(C(CC)CC)C1. The first-order chi connectivity index (χ1) is 9.41. The fourth-order valence-corrected chi connectivity index (χ4v) is 4.19. The lowest BCUT2D eigenvalue weighted by atomic mass is 9.66. The van der Waals surface area contributed by atoms with Gasteiger partial charge < -0.3 is 5.32 Å². The van der Waals surface area contributed by atoms with Gasteiger partial charge in [-0.2, -0.15) is 0 Å². The van der Waals surface area contributed by atoms with Crippen LogP contribution in [0.3, 0.4) is 0 Å². The van der Waals surface area contributed by atoms with Crippen LogP contribution in [0.5, 0.6) is 0 Å². The summed E-state index contributed by atoms with van der Waals surface area (Å²) in [7, 11) is 0. The highest BCUT2D eigenvalue weighted by molar-refractivity contribution is 4.86. The molecule has 0 aromatic heterocycles. The average Bonchev–Trinajstić information content (AvgIpc) is 2.38. The van der Waals surface area contributed by atoms with Gasteiger partial charge in [0.15, 0.2) is 0 Å². The van der Waals surface area contributed by atoms with E-state index in [0.717, 1.165) is 23.7 Å². The van der Waals surface area contributed by atoms with E-state index in [0.29, 0.717) is 0 Å². The molecule has 0 saturated heterocycles. The summed E-state index contributed by atoms with van der Waals surface area (Å²) < 4.78 is 0. The van der Waals surface area contributed by atoms with Crippen LogP contribution in [0.1, 0.15) is 86.5 Å². The molecule has 1 nitrogen and oxygen atoms in total. The van der Waals surface area contributed by atoms with Crippen LogP contribution in [0.15, 0.2) is 0 Å². The summed E-state index contributed by atoms with van der Waals surface area (Å²) in [5.41, 5.74) is 0.263. The van der Waals surface area contributed by atoms with E-state index >= 15 is 0 Å². The summed E-state index contributed by atoms with van der Waals surface area (Å²) in [6.45, 7) is 15.2. The molecule has 0 bridgehead atoms. The van der Waals surface area contributed by atoms with E-state index in [2.05, 4.69) is 46.9 Å². The molecule has 1 heteroatoms. The Bertz CT molecular complexity index is 249. The molecule has 120 valence electrons. The Morgan fingerprint density at radius 3 is 2.20 bits per heavy atom. The van der Waals surface area contributed by atoms with E-state index in [1.807, 2.05) is 0 Å². The molecule has 0 radical (unpaired) electrons. The van der Waals surface area contributed by atoms with Crippen LogP contribution < -0.4 is 5.32 Å². The Morgan fingerprint density at radius 2 is 1.70 bits per heavy atom. The van der Waals surface area contributed by atoms with Gasteiger partial charge in [-0.05, 0) is 63.8 Å². The normalized spacial score (nSPS) is 28.1. The molecule has 1 aliphatic rings. The van der Waals surface area contributed by atoms with Crippen LogP contribution >= 0.6 is 0 Å². The van der Waals surface area contributed by atoms with Gasteiger partial charge in [-0.3, -0.25) is 0 Å². The lowest BCUT2D eigenvalue weighted by Crippen LogP contribution is -2.43. The molecule has 3 unspecified atom stereocenters. The first-order valence-corrected chi connectivity index (χ1v) is 9.16. The Morgan fingerprint density at radius 1 is 1.05 bits per heavy atom. The predicted molar refractivity (Wildman–Crippen MR) is 91.1 cm³/mol. The van der Waals surface area contributed by atoms with Gasteiger partial charge in [-0.15, -0.1) is 0 Å². The molecule has 1 aliphatic carbocycles. The van der Waals surface area contributed by atoms with Crippen molar-refractivity contribution in [3.8, 4) is 0 Å². The minimum absolute atomic E-state index is 0.263. The number of hydrogen-bond donors (Lipinski definition) is 1. The molecule has 0 aromatic rings. The van der Waals surface area contributed by atoms with E-state index in [-0.39, 0.29) is 5.54 Å². The molecule has 0 aromatic carbocycles. The molecule has 1 rings (SSSR count). The molecule has 1 fully saturated rings. The standard InChI is InChI=1S/C19H39N/c1-7-10-15-11-12-17(14-20-19(4,5)6)18(13-15)16(8-2)9-3/h15-18,20H,7-14H2,1-6H3.